The first-order chi connectivity index (χ1) is 5.91. The molecule has 0 spiro atoms. The molecule has 0 aliphatic rings. The first kappa shape index (κ1) is 11.8. The summed E-state index contributed by atoms with van der Waals surface area (Å²) in [6.07, 6.45) is -6.71. The number of amides is 1. The van der Waals surface area contributed by atoms with Gasteiger partial charge in [0.15, 0.2) is 12.2 Å². The quantitative estimate of drug-likeness (QED) is 0.203. The summed E-state index contributed by atoms with van der Waals surface area (Å²) in [5.74, 6) is -3.20. The maximum absolute atomic E-state index is 10.4. The molecule has 0 bridgehead atoms. The Hall–Kier alpha value is -1.22. The Morgan fingerprint density at radius 2 is 1.54 bits per heavy atom. The van der Waals surface area contributed by atoms with E-state index in [1.807, 2.05) is 0 Å². The zero-order valence-corrected chi connectivity index (χ0v) is 6.28. The summed E-state index contributed by atoms with van der Waals surface area (Å²) in [6.45, 7) is 0. The Balaban J connectivity index is 4.32. The van der Waals surface area contributed by atoms with Gasteiger partial charge in [0.1, 0.15) is 6.10 Å². The topological polar surface area (TPSA) is 147 Å². The minimum absolute atomic E-state index is 0.986. The van der Waals surface area contributed by atoms with Crippen LogP contribution in [0.4, 0.5) is 0 Å². The monoisotopic (exact) mass is 195 g/mol. The summed E-state index contributed by atoms with van der Waals surface area (Å²) in [7, 11) is 0. The van der Waals surface area contributed by atoms with Gasteiger partial charge in [-0.2, -0.15) is 0 Å². The largest absolute Gasteiger partial charge is 0.479 e. The molecule has 0 aromatic carbocycles. The van der Waals surface area contributed by atoms with Gasteiger partial charge in [-0.3, -0.25) is 10.0 Å². The number of rotatable bonds is 4. The zero-order chi connectivity index (χ0) is 10.6. The molecule has 0 aliphatic carbocycles. The molecule has 8 heteroatoms. The van der Waals surface area contributed by atoms with Crippen LogP contribution < -0.4 is 5.48 Å². The van der Waals surface area contributed by atoms with Crippen molar-refractivity contribution >= 4 is 11.9 Å². The normalized spacial score (nSPS) is 17.2. The smallest absolute Gasteiger partial charge is 0.335 e. The van der Waals surface area contributed by atoms with E-state index < -0.39 is 30.2 Å². The second-order valence-corrected chi connectivity index (χ2v) is 2.19. The predicted molar refractivity (Wildman–Crippen MR) is 35.6 cm³/mol. The average Bonchev–Trinajstić information content (AvgIpc) is 2.12. The van der Waals surface area contributed by atoms with Crippen molar-refractivity contribution < 1.29 is 35.2 Å². The second-order valence-electron chi connectivity index (χ2n) is 2.19. The molecule has 3 atom stereocenters. The number of carboxylic acids is 1. The highest BCUT2D eigenvalue weighted by molar-refractivity contribution is 5.82. The Labute approximate surface area is 72.0 Å². The van der Waals surface area contributed by atoms with Crippen LogP contribution in [-0.4, -0.2) is 55.8 Å². The molecule has 0 aromatic heterocycles. The third-order valence-corrected chi connectivity index (χ3v) is 1.28. The summed E-state index contributed by atoms with van der Waals surface area (Å²) in [4.78, 5) is 20.4. The highest BCUT2D eigenvalue weighted by Crippen LogP contribution is 2.00. The van der Waals surface area contributed by atoms with E-state index in [-0.39, 0.29) is 0 Å². The Morgan fingerprint density at radius 3 is 1.85 bits per heavy atom. The molecule has 0 radical (unpaired) electrons. The second kappa shape index (κ2) is 4.72. The number of aliphatic hydroxyl groups is 3. The molecule has 0 heterocycles. The minimum Gasteiger partial charge on any atom is -0.479 e. The predicted octanol–water partition coefficient (Wildman–Crippen LogP) is -3.34. The summed E-state index contributed by atoms with van der Waals surface area (Å²) in [5.41, 5.74) is 0.986. The van der Waals surface area contributed by atoms with Crippen LogP contribution in [0.1, 0.15) is 0 Å². The van der Waals surface area contributed by atoms with Crippen molar-refractivity contribution in [2.24, 2.45) is 0 Å². The molecule has 6 N–H and O–H groups in total. The van der Waals surface area contributed by atoms with Crippen molar-refractivity contribution in [3.8, 4) is 0 Å². The molecule has 0 saturated heterocycles. The lowest BCUT2D eigenvalue weighted by Crippen LogP contribution is -2.49. The number of nitrogens with one attached hydrogen (secondary N) is 1. The number of carbonyl (C=O) groups is 2. The van der Waals surface area contributed by atoms with Crippen LogP contribution in [0, 0.1) is 0 Å². The van der Waals surface area contributed by atoms with Crippen molar-refractivity contribution in [1.82, 2.24) is 5.48 Å². The fraction of sp³-hybridized carbons (Fsp3) is 0.600. The minimum atomic E-state index is -2.30. The number of carboxylic acid groups (broad SMARTS) is 1. The van der Waals surface area contributed by atoms with E-state index >= 15 is 0 Å². The van der Waals surface area contributed by atoms with Crippen molar-refractivity contribution in [2.75, 3.05) is 0 Å². The molecular formula is C5H9NO7. The van der Waals surface area contributed by atoms with Crippen LogP contribution in [0.25, 0.3) is 0 Å². The molecule has 1 amide bonds. The van der Waals surface area contributed by atoms with Gasteiger partial charge in [0.2, 0.25) is 0 Å². The van der Waals surface area contributed by atoms with Gasteiger partial charge >= 0.3 is 5.97 Å². The first-order valence-electron chi connectivity index (χ1n) is 3.12. The van der Waals surface area contributed by atoms with Crippen LogP contribution in [0.5, 0.6) is 0 Å². The van der Waals surface area contributed by atoms with Gasteiger partial charge in [0.25, 0.3) is 5.91 Å². The van der Waals surface area contributed by atoms with E-state index in [1.165, 1.54) is 0 Å². The van der Waals surface area contributed by atoms with Gasteiger partial charge in [-0.1, -0.05) is 0 Å². The van der Waals surface area contributed by atoms with E-state index in [1.54, 1.807) is 0 Å². The Kier molecular flexibility index (Phi) is 4.28. The summed E-state index contributed by atoms with van der Waals surface area (Å²) in [6, 6.07) is 0. The number of hydroxylamine groups is 1. The van der Waals surface area contributed by atoms with Crippen molar-refractivity contribution in [3.63, 3.8) is 0 Å². The lowest BCUT2D eigenvalue weighted by atomic mass is 10.1. The van der Waals surface area contributed by atoms with Gasteiger partial charge in [-0.25, -0.2) is 10.3 Å². The molecule has 0 rings (SSSR count). The number of hydrogen-bond donors (Lipinski definition) is 6. The molecule has 76 valence electrons. The van der Waals surface area contributed by atoms with Gasteiger partial charge < -0.3 is 20.4 Å². The summed E-state index contributed by atoms with van der Waals surface area (Å²) < 4.78 is 0. The molecule has 0 fully saturated rings. The Bertz CT molecular complexity index is 205. The molecule has 0 aromatic rings. The van der Waals surface area contributed by atoms with Gasteiger partial charge in [0.05, 0.1) is 0 Å². The van der Waals surface area contributed by atoms with Crippen LogP contribution in [0.2, 0.25) is 0 Å². The van der Waals surface area contributed by atoms with Gasteiger partial charge in [-0.15, -0.1) is 0 Å². The number of aliphatic hydroxyl groups excluding tert-OH is 3. The van der Waals surface area contributed by atoms with Crippen LogP contribution in [-0.2, 0) is 9.59 Å². The standard InChI is InChI=1S/C5H9NO7/c7-1(3(9)5(11)12)2(8)4(10)6-13/h1-3,7-9,13H,(H,6,10)(H,11,12)/t1-,2-,3+/m0/s1. The average molecular weight is 195 g/mol. The van der Waals surface area contributed by atoms with Crippen LogP contribution >= 0.6 is 0 Å². The molecule has 0 unspecified atom stereocenters. The Morgan fingerprint density at radius 1 is 1.08 bits per heavy atom. The first-order valence-corrected chi connectivity index (χ1v) is 3.12. The summed E-state index contributed by atoms with van der Waals surface area (Å²) in [5, 5.41) is 42.3. The third kappa shape index (κ3) is 2.95. The van der Waals surface area contributed by atoms with Crippen molar-refractivity contribution in [2.45, 2.75) is 18.3 Å². The molecule has 8 nitrogen and oxygen atoms in total. The van der Waals surface area contributed by atoms with Gasteiger partial charge in [-0.05, 0) is 0 Å². The third-order valence-electron chi connectivity index (χ3n) is 1.28. The van der Waals surface area contributed by atoms with Crippen LogP contribution in [0.15, 0.2) is 0 Å². The van der Waals surface area contributed by atoms with Crippen LogP contribution in [0.3, 0.4) is 0 Å². The molecular weight excluding hydrogens is 186 g/mol. The number of aliphatic carboxylic acids is 1. The highest BCUT2D eigenvalue weighted by Gasteiger charge is 2.34. The SMILES string of the molecule is O=C(NO)[C@@H](O)[C@H](O)[C@@H](O)C(=O)O. The van der Waals surface area contributed by atoms with E-state index in [9.17, 15) is 9.59 Å². The number of hydrogen-bond acceptors (Lipinski definition) is 6. The van der Waals surface area contributed by atoms with E-state index in [4.69, 9.17) is 25.6 Å². The van der Waals surface area contributed by atoms with Crippen molar-refractivity contribution in [1.29, 1.82) is 0 Å². The number of carbonyl (C=O) groups excluding carboxylic acids is 1. The van der Waals surface area contributed by atoms with E-state index in [0.29, 0.717) is 0 Å². The van der Waals surface area contributed by atoms with E-state index in [2.05, 4.69) is 0 Å². The fourth-order valence-corrected chi connectivity index (χ4v) is 0.540. The zero-order valence-electron chi connectivity index (χ0n) is 6.28. The maximum Gasteiger partial charge on any atom is 0.335 e. The van der Waals surface area contributed by atoms with Crippen molar-refractivity contribution in [3.05, 3.63) is 0 Å². The summed E-state index contributed by atoms with van der Waals surface area (Å²) >= 11 is 0. The fourth-order valence-electron chi connectivity index (χ4n) is 0.540. The van der Waals surface area contributed by atoms with E-state index in [0.717, 1.165) is 5.48 Å². The maximum atomic E-state index is 10.4. The molecule has 13 heavy (non-hydrogen) atoms. The lowest BCUT2D eigenvalue weighted by molar-refractivity contribution is -0.163. The highest BCUT2D eigenvalue weighted by atomic mass is 16.5. The lowest BCUT2D eigenvalue weighted by Gasteiger charge is -2.17. The van der Waals surface area contributed by atoms with Gasteiger partial charge in [0, 0.05) is 0 Å². The molecule has 0 saturated carbocycles. The molecule has 0 aliphatic heterocycles.